The monoisotopic (exact) mass is 705 g/mol. The lowest BCUT2D eigenvalue weighted by Crippen LogP contribution is -2.67. The lowest BCUT2D eigenvalue weighted by molar-refractivity contribution is -0.127. The maximum absolute atomic E-state index is 17.4. The molecule has 0 saturated carbocycles. The number of rotatable bonds is 6. The first-order valence-electron chi connectivity index (χ1n) is 16.2. The highest BCUT2D eigenvalue weighted by Crippen LogP contribution is 2.47. The van der Waals surface area contributed by atoms with Crippen LogP contribution in [0.25, 0.3) is 32.2 Å². The zero-order chi connectivity index (χ0) is 35.9. The molecule has 2 amide bonds. The zero-order valence-electron chi connectivity index (χ0n) is 28.8. The average Bonchev–Trinajstić information content (AvgIpc) is 3.73. The van der Waals surface area contributed by atoms with Crippen LogP contribution >= 0.6 is 11.3 Å². The van der Waals surface area contributed by atoms with Crippen molar-refractivity contribution in [2.24, 2.45) is 0 Å². The van der Waals surface area contributed by atoms with Gasteiger partial charge in [0, 0.05) is 37.6 Å². The summed E-state index contributed by atoms with van der Waals surface area (Å²) in [4.78, 5) is 45.4. The number of hydrogen-bond donors (Lipinski definition) is 2. The van der Waals surface area contributed by atoms with Crippen molar-refractivity contribution in [1.29, 1.82) is 5.26 Å². The number of amides is 2. The minimum absolute atomic E-state index is 0.00667. The molecule has 7 rings (SSSR count). The number of carbonyl (C=O) groups excluding carboxylic acids is 2. The zero-order valence-corrected chi connectivity index (χ0v) is 29.6. The van der Waals surface area contributed by atoms with E-state index in [2.05, 4.69) is 33.5 Å². The van der Waals surface area contributed by atoms with Crippen molar-refractivity contribution >= 4 is 61.1 Å². The fourth-order valence-corrected chi connectivity index (χ4v) is 7.72. The van der Waals surface area contributed by atoms with Gasteiger partial charge in [0.2, 0.25) is 11.9 Å². The molecule has 2 N–H and O–H groups in total. The Hall–Kier alpha value is -4.72. The van der Waals surface area contributed by atoms with Crippen LogP contribution in [0.4, 0.5) is 30.3 Å². The van der Waals surface area contributed by atoms with Crippen molar-refractivity contribution in [3.63, 3.8) is 0 Å². The highest BCUT2D eigenvalue weighted by atomic mass is 32.1. The molecule has 50 heavy (non-hydrogen) atoms. The van der Waals surface area contributed by atoms with Crippen molar-refractivity contribution < 1.29 is 27.8 Å². The van der Waals surface area contributed by atoms with Gasteiger partial charge in [-0.15, -0.1) is 11.3 Å². The maximum Gasteiger partial charge on any atom is 0.412 e. The molecule has 3 aliphatic heterocycles. The molecule has 0 radical (unpaired) electrons. The Kier molecular flexibility index (Phi) is 8.08. The molecule has 262 valence electrons. The van der Waals surface area contributed by atoms with Crippen LogP contribution in [0.2, 0.25) is 0 Å². The first-order chi connectivity index (χ1) is 23.6. The molecule has 13 nitrogen and oxygen atoms in total. The SMILES string of the molecule is CN1CC[C@@H](Nc2nc(N3CC(C)(N(C)C)C3)nc3c(F)c(-c4ncc(F)c5sc(NC(=O)OC(C)(C)C)c(C#N)c45)c4c(c23)COC4)C1=O. The summed E-state index contributed by atoms with van der Waals surface area (Å²) in [6.07, 6.45) is 0.694. The van der Waals surface area contributed by atoms with Gasteiger partial charge in [-0.25, -0.2) is 18.6 Å². The van der Waals surface area contributed by atoms with E-state index in [1.807, 2.05) is 19.0 Å². The Morgan fingerprint density at radius 3 is 2.56 bits per heavy atom. The van der Waals surface area contributed by atoms with Crippen LogP contribution in [0.5, 0.6) is 0 Å². The Labute approximate surface area is 291 Å². The molecule has 2 saturated heterocycles. The largest absolute Gasteiger partial charge is 0.444 e. The number of fused-ring (bicyclic) bond motifs is 4. The summed E-state index contributed by atoms with van der Waals surface area (Å²) in [5, 5.41) is 16.6. The van der Waals surface area contributed by atoms with E-state index in [9.17, 15) is 14.9 Å². The number of thiophene rings is 1. The fraction of sp³-hybridized carbons (Fsp3) is 0.471. The van der Waals surface area contributed by atoms with Crippen molar-refractivity contribution in [1.82, 2.24) is 24.8 Å². The van der Waals surface area contributed by atoms with Crippen molar-refractivity contribution in [3.8, 4) is 17.3 Å². The van der Waals surface area contributed by atoms with Crippen LogP contribution in [0.15, 0.2) is 6.20 Å². The molecular weight excluding hydrogens is 668 g/mol. The lowest BCUT2D eigenvalue weighted by atomic mass is 9.91. The average molecular weight is 706 g/mol. The van der Waals surface area contributed by atoms with Gasteiger partial charge in [-0.3, -0.25) is 15.1 Å². The summed E-state index contributed by atoms with van der Waals surface area (Å²) in [5.41, 5.74) is 0.0130. The topological polar surface area (TPSA) is 149 Å². The number of aromatic nitrogens is 3. The van der Waals surface area contributed by atoms with E-state index in [0.29, 0.717) is 48.4 Å². The fourth-order valence-electron chi connectivity index (χ4n) is 6.68. The first-order valence-corrected chi connectivity index (χ1v) is 17.0. The van der Waals surface area contributed by atoms with Gasteiger partial charge in [-0.05, 0) is 59.3 Å². The van der Waals surface area contributed by atoms with E-state index in [1.165, 1.54) is 0 Å². The van der Waals surface area contributed by atoms with E-state index in [0.717, 1.165) is 17.5 Å². The van der Waals surface area contributed by atoms with Gasteiger partial charge in [0.25, 0.3) is 0 Å². The van der Waals surface area contributed by atoms with Gasteiger partial charge < -0.3 is 29.5 Å². The Bertz CT molecular complexity index is 2140. The first kappa shape index (κ1) is 33.8. The number of ether oxygens (including phenoxy) is 2. The van der Waals surface area contributed by atoms with E-state index in [1.54, 1.807) is 32.7 Å². The summed E-state index contributed by atoms with van der Waals surface area (Å²) in [5.74, 6) is -0.975. The van der Waals surface area contributed by atoms with Crippen LogP contribution in [0.3, 0.4) is 0 Å². The van der Waals surface area contributed by atoms with E-state index in [-0.39, 0.29) is 68.0 Å². The number of pyridine rings is 1. The van der Waals surface area contributed by atoms with Gasteiger partial charge in [-0.2, -0.15) is 10.2 Å². The number of halogens is 2. The Balaban J connectivity index is 1.44. The van der Waals surface area contributed by atoms with E-state index < -0.39 is 29.4 Å². The van der Waals surface area contributed by atoms with Crippen LogP contribution < -0.4 is 15.5 Å². The number of nitriles is 1. The Morgan fingerprint density at radius 2 is 1.92 bits per heavy atom. The number of anilines is 3. The van der Waals surface area contributed by atoms with E-state index in [4.69, 9.17) is 19.4 Å². The molecule has 3 aromatic heterocycles. The van der Waals surface area contributed by atoms with Gasteiger partial charge in [0.1, 0.15) is 34.0 Å². The highest BCUT2D eigenvalue weighted by molar-refractivity contribution is 7.23. The molecule has 0 spiro atoms. The maximum atomic E-state index is 17.4. The minimum Gasteiger partial charge on any atom is -0.444 e. The Morgan fingerprint density at radius 1 is 1.20 bits per heavy atom. The molecule has 0 bridgehead atoms. The minimum atomic E-state index is -0.825. The smallest absolute Gasteiger partial charge is 0.412 e. The van der Waals surface area contributed by atoms with Gasteiger partial charge in [0.15, 0.2) is 11.6 Å². The second kappa shape index (κ2) is 12.0. The van der Waals surface area contributed by atoms with Crippen LogP contribution in [-0.2, 0) is 27.5 Å². The number of nitrogens with zero attached hydrogens (tertiary/aromatic N) is 7. The molecule has 3 aliphatic rings. The molecule has 4 aromatic rings. The predicted octanol–water partition coefficient (Wildman–Crippen LogP) is 5.22. The summed E-state index contributed by atoms with van der Waals surface area (Å²) in [6, 6.07) is 1.50. The third-order valence-corrected chi connectivity index (χ3v) is 10.7. The molecule has 0 aliphatic carbocycles. The number of nitrogens with one attached hydrogen (secondary N) is 2. The van der Waals surface area contributed by atoms with Gasteiger partial charge in [-0.1, -0.05) is 0 Å². The third-order valence-electron chi connectivity index (χ3n) is 9.58. The van der Waals surface area contributed by atoms with Crippen LogP contribution in [-0.4, -0.2) is 94.7 Å². The van der Waals surface area contributed by atoms with Crippen LogP contribution in [0.1, 0.15) is 50.8 Å². The molecular formula is C34H37F2N9O4S. The summed E-state index contributed by atoms with van der Waals surface area (Å²) < 4.78 is 44.0. The normalized spacial score (nSPS) is 18.5. The molecule has 16 heteroatoms. The van der Waals surface area contributed by atoms with Crippen molar-refractivity contribution in [2.45, 2.75) is 64.5 Å². The van der Waals surface area contributed by atoms with Gasteiger partial charge >= 0.3 is 6.09 Å². The predicted molar refractivity (Wildman–Crippen MR) is 185 cm³/mol. The molecule has 1 aromatic carbocycles. The quantitative estimate of drug-likeness (QED) is 0.272. The van der Waals surface area contributed by atoms with Crippen molar-refractivity contribution in [2.75, 3.05) is 56.3 Å². The second-order valence-electron chi connectivity index (χ2n) is 14.4. The molecule has 2 fully saturated rings. The van der Waals surface area contributed by atoms with Crippen molar-refractivity contribution in [3.05, 3.63) is 34.5 Å². The van der Waals surface area contributed by atoms with E-state index >= 15 is 8.78 Å². The van der Waals surface area contributed by atoms with Crippen LogP contribution in [0, 0.1) is 23.0 Å². The number of likely N-dealkylation sites (N-methyl/N-ethyl adjacent to an activating group) is 2. The number of benzene rings is 1. The summed E-state index contributed by atoms with van der Waals surface area (Å²) in [6.45, 7) is 9.05. The molecule has 0 unspecified atom stereocenters. The second-order valence-corrected chi connectivity index (χ2v) is 15.5. The summed E-state index contributed by atoms with van der Waals surface area (Å²) >= 11 is 0.835. The standard InChI is InChI=1S/C34H37F2N9O4S/c1-33(2,3)49-32(47)42-29-16(10-37)22-25(38-11-19(35)27(22)50-29)21-17-12-48-13-18(17)23-26(24(21)36)40-31(45-14-34(4,15-45)43(5)6)41-28(23)39-20-8-9-44(7)30(20)46/h11,20H,8-9,12-15H2,1-7H3,(H,42,47)(H,39,40,41)/t20-/m1/s1. The highest BCUT2D eigenvalue weighted by Gasteiger charge is 2.43. The number of hydrogen-bond acceptors (Lipinski definition) is 12. The third kappa shape index (κ3) is 5.53. The number of likely N-dealkylation sites (tertiary alicyclic amines) is 1. The molecule has 1 atom stereocenters. The number of carbonyl (C=O) groups is 2. The summed E-state index contributed by atoms with van der Waals surface area (Å²) in [7, 11) is 5.72. The molecule has 6 heterocycles. The van der Waals surface area contributed by atoms with Gasteiger partial charge in [0.05, 0.1) is 46.3 Å². The lowest BCUT2D eigenvalue weighted by Gasteiger charge is -2.51.